The number of fused-ring (bicyclic) bond motifs is 1. The molecule has 0 spiro atoms. The average Bonchev–Trinajstić information content (AvgIpc) is 3.34. The lowest BCUT2D eigenvalue weighted by molar-refractivity contribution is 0.0353. The Morgan fingerprint density at radius 2 is 2.12 bits per heavy atom. The summed E-state index contributed by atoms with van der Waals surface area (Å²) in [6.07, 6.45) is 2.39. The third-order valence-corrected chi connectivity index (χ3v) is 6.97. The number of rotatable bonds is 4. The number of aliphatic hydroxyl groups excluding tert-OH is 1. The van der Waals surface area contributed by atoms with Crippen LogP contribution in [0, 0.1) is 6.92 Å². The van der Waals surface area contributed by atoms with Gasteiger partial charge in [-0.1, -0.05) is 11.6 Å². The van der Waals surface area contributed by atoms with Gasteiger partial charge >= 0.3 is 0 Å². The summed E-state index contributed by atoms with van der Waals surface area (Å²) >= 11 is 6.56. The first-order valence-electron chi connectivity index (χ1n) is 10.8. The minimum atomic E-state index is -1.09. The van der Waals surface area contributed by atoms with Gasteiger partial charge in [0, 0.05) is 36.1 Å². The Kier molecular flexibility index (Phi) is 5.75. The summed E-state index contributed by atoms with van der Waals surface area (Å²) in [7, 11) is 1.87. The van der Waals surface area contributed by atoms with Gasteiger partial charge in [-0.3, -0.25) is 9.58 Å². The zero-order valence-electron chi connectivity index (χ0n) is 18.0. The summed E-state index contributed by atoms with van der Waals surface area (Å²) in [5, 5.41) is 18.8. The van der Waals surface area contributed by atoms with E-state index in [0.29, 0.717) is 42.7 Å². The Hall–Kier alpha value is -2.33. The monoisotopic (exact) mass is 460 g/mol. The van der Waals surface area contributed by atoms with E-state index in [0.717, 1.165) is 22.3 Å². The van der Waals surface area contributed by atoms with E-state index in [1.54, 1.807) is 23.1 Å². The zero-order valence-corrected chi connectivity index (χ0v) is 18.8. The molecule has 1 aromatic carbocycles. The molecule has 4 atom stereocenters. The summed E-state index contributed by atoms with van der Waals surface area (Å²) in [6, 6.07) is 3.54. The van der Waals surface area contributed by atoms with Gasteiger partial charge in [-0.15, -0.1) is 0 Å². The van der Waals surface area contributed by atoms with Crippen LogP contribution in [0.2, 0.25) is 5.02 Å². The van der Waals surface area contributed by atoms with E-state index >= 15 is 4.39 Å². The molecule has 0 radical (unpaired) electrons. The number of aliphatic hydroxyl groups is 1. The summed E-state index contributed by atoms with van der Waals surface area (Å²) in [4.78, 5) is 11.0. The smallest absolute Gasteiger partial charge is 0.227 e. The lowest BCUT2D eigenvalue weighted by Crippen LogP contribution is -2.50. The Morgan fingerprint density at radius 3 is 2.81 bits per heavy atom. The number of hydrogen-bond acceptors (Lipinski definition) is 7. The van der Waals surface area contributed by atoms with Crippen molar-refractivity contribution >= 4 is 34.1 Å². The second kappa shape index (κ2) is 8.55. The van der Waals surface area contributed by atoms with Crippen LogP contribution >= 0.6 is 11.6 Å². The van der Waals surface area contributed by atoms with Crippen molar-refractivity contribution in [3.63, 3.8) is 0 Å². The fraction of sp³-hybridized carbons (Fsp3) is 0.500. The molecule has 2 fully saturated rings. The Labute approximate surface area is 190 Å². The first-order valence-corrected chi connectivity index (χ1v) is 11.1. The highest BCUT2D eigenvalue weighted by molar-refractivity contribution is 6.32. The van der Waals surface area contributed by atoms with Crippen LogP contribution in [0.15, 0.2) is 24.5 Å². The fourth-order valence-corrected chi connectivity index (χ4v) is 4.93. The number of nitrogens with one attached hydrogen (secondary N) is 1. The number of hydrogen-bond donors (Lipinski definition) is 2. The van der Waals surface area contributed by atoms with E-state index in [4.69, 9.17) is 16.3 Å². The van der Waals surface area contributed by atoms with E-state index in [1.807, 2.05) is 24.9 Å². The van der Waals surface area contributed by atoms with Gasteiger partial charge in [0.15, 0.2) is 0 Å². The standard InChI is InChI=1S/C22H26ClFN6O2/c1-12-19(8-26-29(12)2)28-22-25-7-13-5-16(23)15(6-18(13)27-22)14-3-4-30(9-17(14)24)20-10-32-11-21(20)31/h5-8,14,17,20-21,31H,3-4,9-11H2,1-2H3,(H,25,27,28). The fourth-order valence-electron chi connectivity index (χ4n) is 4.61. The lowest BCUT2D eigenvalue weighted by atomic mass is 9.86. The van der Waals surface area contributed by atoms with Gasteiger partial charge in [0.2, 0.25) is 5.95 Å². The first-order chi connectivity index (χ1) is 15.4. The molecule has 5 rings (SSSR count). The van der Waals surface area contributed by atoms with E-state index in [-0.39, 0.29) is 18.5 Å². The van der Waals surface area contributed by atoms with Crippen LogP contribution in [-0.2, 0) is 11.8 Å². The van der Waals surface area contributed by atoms with Gasteiger partial charge < -0.3 is 15.2 Å². The van der Waals surface area contributed by atoms with Crippen LogP contribution in [-0.4, -0.2) is 74.4 Å². The zero-order chi connectivity index (χ0) is 22.4. The quantitative estimate of drug-likeness (QED) is 0.618. The molecular formula is C22H26ClFN6O2. The van der Waals surface area contributed by atoms with Crippen LogP contribution < -0.4 is 5.32 Å². The van der Waals surface area contributed by atoms with Crippen LogP contribution in [0.5, 0.6) is 0 Å². The minimum Gasteiger partial charge on any atom is -0.389 e. The predicted octanol–water partition coefficient (Wildman–Crippen LogP) is 2.96. The molecule has 10 heteroatoms. The average molecular weight is 461 g/mol. The van der Waals surface area contributed by atoms with E-state index in [2.05, 4.69) is 20.4 Å². The summed E-state index contributed by atoms with van der Waals surface area (Å²) in [6.45, 7) is 3.65. The molecule has 2 N–H and O–H groups in total. The number of ether oxygens (including phenoxy) is 1. The summed E-state index contributed by atoms with van der Waals surface area (Å²) in [5.74, 6) is 0.123. The second-order valence-corrected chi connectivity index (χ2v) is 9.00. The van der Waals surface area contributed by atoms with E-state index in [9.17, 15) is 5.11 Å². The highest BCUT2D eigenvalue weighted by atomic mass is 35.5. The number of benzene rings is 1. The van der Waals surface area contributed by atoms with Crippen molar-refractivity contribution < 1.29 is 14.2 Å². The molecule has 2 saturated heterocycles. The molecule has 0 bridgehead atoms. The number of anilines is 2. The van der Waals surface area contributed by atoms with Crippen molar-refractivity contribution in [2.75, 3.05) is 31.6 Å². The first kappa shape index (κ1) is 21.5. The lowest BCUT2D eigenvalue weighted by Gasteiger charge is -2.39. The van der Waals surface area contributed by atoms with Gasteiger partial charge in [-0.2, -0.15) is 5.10 Å². The van der Waals surface area contributed by atoms with Crippen molar-refractivity contribution in [2.45, 2.75) is 37.6 Å². The Balaban J connectivity index is 1.39. The normalized spacial score (nSPS) is 26.7. The van der Waals surface area contributed by atoms with Crippen LogP contribution in [0.25, 0.3) is 10.9 Å². The molecule has 170 valence electrons. The molecule has 0 saturated carbocycles. The van der Waals surface area contributed by atoms with Gasteiger partial charge in [0.1, 0.15) is 6.17 Å². The second-order valence-electron chi connectivity index (χ2n) is 8.60. The molecule has 2 aliphatic heterocycles. The van der Waals surface area contributed by atoms with Crippen LogP contribution in [0.1, 0.15) is 23.6 Å². The van der Waals surface area contributed by atoms with Crippen molar-refractivity contribution in [2.24, 2.45) is 7.05 Å². The SMILES string of the molecule is Cc1c(Nc2ncc3cc(Cl)c(C4CCN(C5COCC5O)CC4F)cc3n2)cnn1C. The van der Waals surface area contributed by atoms with Crippen molar-refractivity contribution in [3.05, 3.63) is 40.8 Å². The number of nitrogens with zero attached hydrogens (tertiary/aromatic N) is 5. The largest absolute Gasteiger partial charge is 0.389 e. The van der Waals surface area contributed by atoms with Crippen molar-refractivity contribution in [1.29, 1.82) is 0 Å². The Morgan fingerprint density at radius 1 is 1.28 bits per heavy atom. The maximum atomic E-state index is 15.3. The van der Waals surface area contributed by atoms with Gasteiger partial charge in [-0.25, -0.2) is 14.4 Å². The highest BCUT2D eigenvalue weighted by Crippen LogP contribution is 2.37. The molecule has 0 aliphatic carbocycles. The molecule has 4 heterocycles. The summed E-state index contributed by atoms with van der Waals surface area (Å²) in [5.41, 5.74) is 3.26. The van der Waals surface area contributed by atoms with E-state index in [1.165, 1.54) is 0 Å². The molecule has 4 unspecified atom stereocenters. The number of piperidine rings is 1. The van der Waals surface area contributed by atoms with Crippen LogP contribution in [0.4, 0.5) is 16.0 Å². The van der Waals surface area contributed by atoms with Gasteiger partial charge in [0.05, 0.1) is 48.5 Å². The number of likely N-dealkylation sites (tertiary alicyclic amines) is 1. The van der Waals surface area contributed by atoms with Crippen molar-refractivity contribution in [1.82, 2.24) is 24.6 Å². The molecule has 32 heavy (non-hydrogen) atoms. The predicted molar refractivity (Wildman–Crippen MR) is 120 cm³/mol. The minimum absolute atomic E-state index is 0.140. The van der Waals surface area contributed by atoms with E-state index < -0.39 is 12.3 Å². The highest BCUT2D eigenvalue weighted by Gasteiger charge is 2.39. The number of aryl methyl sites for hydroxylation is 1. The topological polar surface area (TPSA) is 88.3 Å². The Bertz CT molecular complexity index is 1140. The number of alkyl halides is 1. The molecular weight excluding hydrogens is 435 g/mol. The van der Waals surface area contributed by atoms with Crippen molar-refractivity contribution in [3.8, 4) is 0 Å². The molecule has 2 aliphatic rings. The molecule has 0 amide bonds. The maximum Gasteiger partial charge on any atom is 0.227 e. The van der Waals surface area contributed by atoms with Gasteiger partial charge in [-0.05, 0) is 37.6 Å². The summed E-state index contributed by atoms with van der Waals surface area (Å²) < 4.78 is 22.4. The molecule has 2 aromatic heterocycles. The third-order valence-electron chi connectivity index (χ3n) is 6.64. The number of halogens is 2. The third kappa shape index (κ3) is 3.94. The molecule has 8 nitrogen and oxygen atoms in total. The molecule has 3 aromatic rings. The van der Waals surface area contributed by atoms with Gasteiger partial charge in [0.25, 0.3) is 0 Å². The maximum absolute atomic E-state index is 15.3. The number of aromatic nitrogens is 4. The van der Waals surface area contributed by atoms with Crippen LogP contribution in [0.3, 0.4) is 0 Å².